The molecule has 30 heavy (non-hydrogen) atoms. The molecule has 1 aliphatic rings. The summed E-state index contributed by atoms with van der Waals surface area (Å²) in [4.78, 5) is 11.2. The van der Waals surface area contributed by atoms with Crippen LogP contribution in [-0.4, -0.2) is 36.2 Å². The molecule has 0 aliphatic carbocycles. The van der Waals surface area contributed by atoms with Crippen molar-refractivity contribution in [3.63, 3.8) is 0 Å². The molecule has 1 heterocycles. The summed E-state index contributed by atoms with van der Waals surface area (Å²) in [7, 11) is 0. The Balaban J connectivity index is 2.01. The highest BCUT2D eigenvalue weighted by molar-refractivity contribution is 5.72. The number of rotatable bonds is 19. The molecule has 0 saturated heterocycles. The highest BCUT2D eigenvalue weighted by Crippen LogP contribution is 2.23. The molecule has 1 aliphatic heterocycles. The van der Waals surface area contributed by atoms with Gasteiger partial charge in [-0.15, -0.1) is 0 Å². The minimum Gasteiger partial charge on any atom is -0.351 e. The quantitative estimate of drug-likeness (QED) is 0.144. The molecule has 0 aromatic rings. The number of quaternary nitrogens is 1. The maximum Gasteiger partial charge on any atom is 0.217 e. The van der Waals surface area contributed by atoms with Crippen molar-refractivity contribution in [1.82, 2.24) is 10.6 Å². The first-order valence-electron chi connectivity index (χ1n) is 12.8. The Labute approximate surface area is 187 Å². The fourth-order valence-corrected chi connectivity index (χ4v) is 4.46. The summed E-state index contributed by atoms with van der Waals surface area (Å²) in [5, 5.41) is 6.51. The van der Waals surface area contributed by atoms with E-state index in [1.165, 1.54) is 89.9 Å². The Morgan fingerprint density at radius 3 is 2.13 bits per heavy atom. The Morgan fingerprint density at radius 1 is 0.933 bits per heavy atom. The van der Waals surface area contributed by atoms with E-state index in [2.05, 4.69) is 49.0 Å². The van der Waals surface area contributed by atoms with Gasteiger partial charge in [0.2, 0.25) is 5.91 Å². The third kappa shape index (κ3) is 11.8. The minimum atomic E-state index is 0.0647. The predicted molar refractivity (Wildman–Crippen MR) is 130 cm³/mol. The van der Waals surface area contributed by atoms with Gasteiger partial charge in [0.25, 0.3) is 0 Å². The Kier molecular flexibility index (Phi) is 15.5. The second kappa shape index (κ2) is 17.4. The first kappa shape index (κ1) is 26.7. The number of nitrogens with zero attached hydrogens (tertiary/aromatic N) is 1. The van der Waals surface area contributed by atoms with Crippen LogP contribution >= 0.6 is 0 Å². The van der Waals surface area contributed by atoms with Gasteiger partial charge in [-0.25, -0.2) is 0 Å². The number of hydrogen-bond acceptors (Lipinski definition) is 2. The summed E-state index contributed by atoms with van der Waals surface area (Å²) < 4.78 is 0.950. The van der Waals surface area contributed by atoms with Gasteiger partial charge in [-0.1, -0.05) is 70.4 Å². The van der Waals surface area contributed by atoms with Crippen LogP contribution in [0.25, 0.3) is 0 Å². The molecule has 0 fully saturated rings. The summed E-state index contributed by atoms with van der Waals surface area (Å²) in [6.07, 6.45) is 28.4. The molecule has 4 nitrogen and oxygen atoms in total. The molecular weight excluding hydrogens is 370 g/mol. The van der Waals surface area contributed by atoms with Crippen molar-refractivity contribution in [3.8, 4) is 0 Å². The van der Waals surface area contributed by atoms with Gasteiger partial charge in [-0.05, 0) is 39.0 Å². The second-order valence-electron chi connectivity index (χ2n) is 9.00. The van der Waals surface area contributed by atoms with Crippen LogP contribution < -0.4 is 10.6 Å². The number of carbonyl (C=O) groups is 1. The van der Waals surface area contributed by atoms with Crippen molar-refractivity contribution >= 4 is 5.91 Å². The average Bonchev–Trinajstić information content (AvgIpc) is 3.13. The zero-order valence-corrected chi connectivity index (χ0v) is 20.3. The molecule has 2 atom stereocenters. The molecule has 4 heteroatoms. The lowest BCUT2D eigenvalue weighted by Crippen LogP contribution is -2.55. The van der Waals surface area contributed by atoms with Crippen LogP contribution in [0.3, 0.4) is 0 Å². The van der Waals surface area contributed by atoms with Crippen molar-refractivity contribution in [3.05, 3.63) is 24.6 Å². The molecule has 0 bridgehead atoms. The van der Waals surface area contributed by atoms with Crippen LogP contribution in [0, 0.1) is 0 Å². The van der Waals surface area contributed by atoms with Crippen molar-refractivity contribution in [2.45, 2.75) is 117 Å². The second-order valence-corrected chi connectivity index (χ2v) is 9.00. The molecule has 1 amide bonds. The van der Waals surface area contributed by atoms with Gasteiger partial charge in [-0.2, -0.15) is 0 Å². The van der Waals surface area contributed by atoms with Crippen molar-refractivity contribution in [1.29, 1.82) is 0 Å². The molecule has 0 radical (unpaired) electrons. The van der Waals surface area contributed by atoms with E-state index in [0.717, 1.165) is 24.1 Å². The fourth-order valence-electron chi connectivity index (χ4n) is 4.46. The standard InChI is InChI=1S/C26H49N3O/c1-4-6-7-8-9-10-11-12-13-14-15-16-17-18-19-20-26-28-22-24-29(26,5-2)23-21-27-25(3)30/h11-12,22,24,26,28H,4-10,13-21,23H2,1-3H3/p+1/b12-11+. The third-order valence-corrected chi connectivity index (χ3v) is 6.51. The van der Waals surface area contributed by atoms with Crippen LogP contribution in [-0.2, 0) is 4.79 Å². The van der Waals surface area contributed by atoms with E-state index in [9.17, 15) is 4.79 Å². The SMILES string of the molecule is CCCCCCC/C=C/CCCCCCCCC1NC=C[N+]1(CC)CCNC(C)=O. The zero-order valence-electron chi connectivity index (χ0n) is 20.3. The van der Waals surface area contributed by atoms with Gasteiger partial charge in [0.15, 0.2) is 6.17 Å². The lowest BCUT2D eigenvalue weighted by atomic mass is 10.1. The summed E-state index contributed by atoms with van der Waals surface area (Å²) in [6, 6.07) is 0. The lowest BCUT2D eigenvalue weighted by Gasteiger charge is -2.37. The normalized spacial score (nSPS) is 20.7. The number of nitrogens with one attached hydrogen (secondary N) is 2. The highest BCUT2D eigenvalue weighted by atomic mass is 16.1. The van der Waals surface area contributed by atoms with Gasteiger partial charge in [-0.3, -0.25) is 9.28 Å². The van der Waals surface area contributed by atoms with Crippen LogP contribution in [0.5, 0.6) is 0 Å². The number of carbonyl (C=O) groups excluding carboxylic acids is 1. The van der Waals surface area contributed by atoms with E-state index in [-0.39, 0.29) is 5.91 Å². The van der Waals surface area contributed by atoms with E-state index in [4.69, 9.17) is 0 Å². The summed E-state index contributed by atoms with van der Waals surface area (Å²) >= 11 is 0. The van der Waals surface area contributed by atoms with Crippen molar-refractivity contribution < 1.29 is 9.28 Å². The number of allylic oxidation sites excluding steroid dienone is 2. The number of hydrogen-bond donors (Lipinski definition) is 2. The van der Waals surface area contributed by atoms with Gasteiger partial charge in [0.1, 0.15) is 12.7 Å². The fraction of sp³-hybridized carbons (Fsp3) is 0.808. The summed E-state index contributed by atoms with van der Waals surface area (Å²) in [6.45, 7) is 8.91. The van der Waals surface area contributed by atoms with Crippen LogP contribution in [0.4, 0.5) is 0 Å². The molecule has 0 spiro atoms. The Hall–Kier alpha value is -1.29. The van der Waals surface area contributed by atoms with E-state index < -0.39 is 0 Å². The molecule has 1 rings (SSSR count). The molecular formula is C26H50N3O+. The Bertz CT molecular complexity index is 489. The first-order valence-corrected chi connectivity index (χ1v) is 12.8. The molecule has 174 valence electrons. The maximum atomic E-state index is 11.2. The van der Waals surface area contributed by atoms with Gasteiger partial charge >= 0.3 is 0 Å². The monoisotopic (exact) mass is 420 g/mol. The number of likely N-dealkylation sites (N-methyl/N-ethyl adjacent to an activating group) is 1. The van der Waals surface area contributed by atoms with Crippen LogP contribution in [0.15, 0.2) is 24.6 Å². The predicted octanol–water partition coefficient (Wildman–Crippen LogP) is 6.40. The van der Waals surface area contributed by atoms with Crippen molar-refractivity contribution in [2.24, 2.45) is 0 Å². The lowest BCUT2D eigenvalue weighted by molar-refractivity contribution is -0.898. The Morgan fingerprint density at radius 2 is 1.53 bits per heavy atom. The summed E-state index contributed by atoms with van der Waals surface area (Å²) in [5.74, 6) is 0.0647. The first-order chi connectivity index (χ1) is 14.6. The average molecular weight is 421 g/mol. The molecule has 0 aromatic carbocycles. The maximum absolute atomic E-state index is 11.2. The molecule has 2 N–H and O–H groups in total. The van der Waals surface area contributed by atoms with E-state index in [1.807, 2.05) is 0 Å². The zero-order chi connectivity index (χ0) is 21.9. The molecule has 0 aromatic heterocycles. The third-order valence-electron chi connectivity index (χ3n) is 6.51. The van der Waals surface area contributed by atoms with Gasteiger partial charge in [0.05, 0.1) is 19.3 Å². The van der Waals surface area contributed by atoms with Crippen molar-refractivity contribution in [2.75, 3.05) is 19.6 Å². The van der Waals surface area contributed by atoms with Gasteiger partial charge in [0, 0.05) is 13.3 Å². The van der Waals surface area contributed by atoms with Crippen LogP contribution in [0.2, 0.25) is 0 Å². The number of unbranched alkanes of at least 4 members (excludes halogenated alkanes) is 11. The smallest absolute Gasteiger partial charge is 0.217 e. The van der Waals surface area contributed by atoms with E-state index in [1.54, 1.807) is 6.92 Å². The molecule has 2 unspecified atom stereocenters. The summed E-state index contributed by atoms with van der Waals surface area (Å²) in [5.41, 5.74) is 0. The minimum absolute atomic E-state index is 0.0647. The van der Waals surface area contributed by atoms with Gasteiger partial charge < -0.3 is 10.6 Å². The van der Waals surface area contributed by atoms with E-state index >= 15 is 0 Å². The topological polar surface area (TPSA) is 41.1 Å². The number of amides is 1. The van der Waals surface area contributed by atoms with Crippen LogP contribution in [0.1, 0.15) is 111 Å². The van der Waals surface area contributed by atoms with E-state index in [0.29, 0.717) is 6.17 Å². The largest absolute Gasteiger partial charge is 0.351 e. The highest BCUT2D eigenvalue weighted by Gasteiger charge is 2.36. The molecule has 0 saturated carbocycles.